The summed E-state index contributed by atoms with van der Waals surface area (Å²) in [6.45, 7) is 0. The molecule has 8 aromatic rings. The summed E-state index contributed by atoms with van der Waals surface area (Å²) in [5.74, 6) is 0.330. The summed E-state index contributed by atoms with van der Waals surface area (Å²) in [6, 6.07) is 50.0. The SMILES string of the molecule is C1=CC(c2ccccc2)CC(n2c3ccccc3c3nc4c5ccccc5n(-c5cccc(-c6ccccc6)c5)c4cc32)=C1. The summed E-state index contributed by atoms with van der Waals surface area (Å²) in [5, 5.41) is 2.34. The van der Waals surface area contributed by atoms with Crippen molar-refractivity contribution in [1.29, 1.82) is 0 Å². The zero-order chi connectivity index (χ0) is 29.0. The van der Waals surface area contributed by atoms with Gasteiger partial charge in [0.2, 0.25) is 0 Å². The maximum Gasteiger partial charge on any atom is 0.0972 e. The molecule has 0 aliphatic heterocycles. The van der Waals surface area contributed by atoms with Crippen LogP contribution in [0.5, 0.6) is 0 Å². The Morgan fingerprint density at radius 3 is 1.89 bits per heavy atom. The van der Waals surface area contributed by atoms with Gasteiger partial charge in [-0.3, -0.25) is 0 Å². The molecule has 0 spiro atoms. The predicted molar refractivity (Wildman–Crippen MR) is 184 cm³/mol. The highest BCUT2D eigenvalue weighted by Crippen LogP contribution is 2.40. The lowest BCUT2D eigenvalue weighted by atomic mass is 9.91. The lowest BCUT2D eigenvalue weighted by molar-refractivity contribution is 0.837. The number of benzene rings is 5. The quantitative estimate of drug-likeness (QED) is 0.209. The average molecular weight is 564 g/mol. The van der Waals surface area contributed by atoms with Crippen LogP contribution in [-0.2, 0) is 0 Å². The maximum absolute atomic E-state index is 5.47. The van der Waals surface area contributed by atoms with Gasteiger partial charge in [-0.2, -0.15) is 0 Å². The van der Waals surface area contributed by atoms with Crippen molar-refractivity contribution in [2.45, 2.75) is 12.3 Å². The normalized spacial score (nSPS) is 15.0. The zero-order valence-corrected chi connectivity index (χ0v) is 24.1. The van der Waals surface area contributed by atoms with Crippen molar-refractivity contribution < 1.29 is 0 Å². The van der Waals surface area contributed by atoms with E-state index in [0.717, 1.165) is 45.1 Å². The molecule has 0 radical (unpaired) electrons. The van der Waals surface area contributed by atoms with Crippen LogP contribution in [0.15, 0.2) is 158 Å². The van der Waals surface area contributed by atoms with E-state index >= 15 is 0 Å². The maximum atomic E-state index is 5.47. The Morgan fingerprint density at radius 1 is 0.523 bits per heavy atom. The fraction of sp³-hybridized carbons (Fsp3) is 0.0488. The van der Waals surface area contributed by atoms with Gasteiger partial charge < -0.3 is 9.13 Å². The number of hydrogen-bond donors (Lipinski definition) is 0. The Kier molecular flexibility index (Phi) is 5.63. The molecule has 1 unspecified atom stereocenters. The summed E-state index contributed by atoms with van der Waals surface area (Å²) in [5.41, 5.74) is 12.8. The third-order valence-electron chi connectivity index (χ3n) is 9.05. The Morgan fingerprint density at radius 2 is 1.14 bits per heavy atom. The summed E-state index contributed by atoms with van der Waals surface area (Å²) < 4.78 is 4.83. The summed E-state index contributed by atoms with van der Waals surface area (Å²) in [7, 11) is 0. The van der Waals surface area contributed by atoms with Crippen molar-refractivity contribution in [3.05, 3.63) is 163 Å². The first-order valence-electron chi connectivity index (χ1n) is 15.3. The molecule has 0 fully saturated rings. The van der Waals surface area contributed by atoms with Gasteiger partial charge in [-0.15, -0.1) is 0 Å². The number of hydrogen-bond acceptors (Lipinski definition) is 1. The molecule has 3 heteroatoms. The molecule has 9 rings (SSSR count). The van der Waals surface area contributed by atoms with Gasteiger partial charge in [-0.25, -0.2) is 4.98 Å². The Hall–Kier alpha value is -5.67. The Bertz CT molecular complexity index is 2410. The largest absolute Gasteiger partial charge is 0.311 e. The molecule has 1 aliphatic carbocycles. The second-order valence-electron chi connectivity index (χ2n) is 11.6. The lowest BCUT2D eigenvalue weighted by Crippen LogP contribution is -2.06. The minimum Gasteiger partial charge on any atom is -0.311 e. The first-order chi connectivity index (χ1) is 21.8. The van der Waals surface area contributed by atoms with Gasteiger partial charge in [0.15, 0.2) is 0 Å². The van der Waals surface area contributed by atoms with Crippen molar-refractivity contribution in [3.63, 3.8) is 0 Å². The van der Waals surface area contributed by atoms with Crippen LogP contribution in [0.2, 0.25) is 0 Å². The van der Waals surface area contributed by atoms with E-state index < -0.39 is 0 Å². The van der Waals surface area contributed by atoms with Crippen molar-refractivity contribution >= 4 is 49.6 Å². The minimum atomic E-state index is 0.330. The molecule has 0 saturated carbocycles. The summed E-state index contributed by atoms with van der Waals surface area (Å²) in [6.07, 6.45) is 7.73. The smallest absolute Gasteiger partial charge is 0.0972 e. The van der Waals surface area contributed by atoms with E-state index in [-0.39, 0.29) is 0 Å². The molecule has 0 saturated heterocycles. The molecule has 0 amide bonds. The summed E-state index contributed by atoms with van der Waals surface area (Å²) >= 11 is 0. The third-order valence-corrected chi connectivity index (χ3v) is 9.05. The van der Waals surface area contributed by atoms with Crippen LogP contribution in [0.3, 0.4) is 0 Å². The van der Waals surface area contributed by atoms with Crippen LogP contribution in [0.25, 0.3) is 66.4 Å². The zero-order valence-electron chi connectivity index (χ0n) is 24.1. The predicted octanol–water partition coefficient (Wildman–Crippen LogP) is 10.5. The van der Waals surface area contributed by atoms with Crippen molar-refractivity contribution in [2.24, 2.45) is 0 Å². The fourth-order valence-corrected chi connectivity index (χ4v) is 7.03. The minimum absolute atomic E-state index is 0.330. The molecule has 0 bridgehead atoms. The molecule has 1 atom stereocenters. The van der Waals surface area contributed by atoms with Crippen LogP contribution in [0, 0.1) is 0 Å². The molecular weight excluding hydrogens is 534 g/mol. The molecular formula is C41H29N3. The van der Waals surface area contributed by atoms with E-state index in [1.54, 1.807) is 0 Å². The van der Waals surface area contributed by atoms with Gasteiger partial charge in [0.1, 0.15) is 0 Å². The molecule has 208 valence electrons. The highest BCUT2D eigenvalue weighted by molar-refractivity contribution is 6.15. The number of nitrogens with zero attached hydrogens (tertiary/aromatic N) is 3. The van der Waals surface area contributed by atoms with Gasteiger partial charge >= 0.3 is 0 Å². The van der Waals surface area contributed by atoms with Crippen molar-refractivity contribution in [1.82, 2.24) is 14.1 Å². The van der Waals surface area contributed by atoms with E-state index in [1.165, 1.54) is 33.3 Å². The average Bonchev–Trinajstić information content (AvgIpc) is 3.60. The number of allylic oxidation sites excluding steroid dienone is 4. The van der Waals surface area contributed by atoms with Gasteiger partial charge in [-0.05, 0) is 59.5 Å². The molecule has 5 aromatic carbocycles. The van der Waals surface area contributed by atoms with Crippen LogP contribution >= 0.6 is 0 Å². The monoisotopic (exact) mass is 563 g/mol. The molecule has 44 heavy (non-hydrogen) atoms. The van der Waals surface area contributed by atoms with Crippen LogP contribution in [0.4, 0.5) is 0 Å². The van der Waals surface area contributed by atoms with Crippen molar-refractivity contribution in [2.75, 3.05) is 0 Å². The standard InChI is InChI=1S/C41H29N3/c1-3-13-28(14-4-1)30-17-11-19-32(25-30)43-36-23-9-7-21-34(36)40-38(43)27-39-41(42-40)35-22-8-10-24-37(35)44(39)33-20-12-18-31(26-33)29-15-5-2-6-16-29/h1-25,27,31H,26H2. The molecule has 0 N–H and O–H groups in total. The van der Waals surface area contributed by atoms with Gasteiger partial charge in [0, 0.05) is 28.1 Å². The number of para-hydroxylation sites is 2. The molecule has 3 aromatic heterocycles. The number of fused-ring (bicyclic) bond motifs is 6. The van der Waals surface area contributed by atoms with E-state index in [9.17, 15) is 0 Å². The van der Waals surface area contributed by atoms with Crippen LogP contribution in [-0.4, -0.2) is 14.1 Å². The van der Waals surface area contributed by atoms with Crippen LogP contribution in [0.1, 0.15) is 17.9 Å². The first-order valence-corrected chi connectivity index (χ1v) is 15.3. The number of aromatic nitrogens is 3. The first kappa shape index (κ1) is 24.9. The number of pyridine rings is 1. The second-order valence-corrected chi connectivity index (χ2v) is 11.6. The van der Waals surface area contributed by atoms with Gasteiger partial charge in [0.05, 0.1) is 33.1 Å². The van der Waals surface area contributed by atoms with Crippen molar-refractivity contribution in [3.8, 4) is 16.8 Å². The third kappa shape index (κ3) is 3.86. The van der Waals surface area contributed by atoms with E-state index in [1.807, 2.05) is 0 Å². The second kappa shape index (κ2) is 9.96. The van der Waals surface area contributed by atoms with E-state index in [4.69, 9.17) is 4.98 Å². The van der Waals surface area contributed by atoms with Gasteiger partial charge in [-0.1, -0.05) is 121 Å². The lowest BCUT2D eigenvalue weighted by Gasteiger charge is -2.21. The topological polar surface area (TPSA) is 22.8 Å². The Labute approximate surface area is 255 Å². The fourth-order valence-electron chi connectivity index (χ4n) is 7.03. The van der Waals surface area contributed by atoms with Gasteiger partial charge in [0.25, 0.3) is 0 Å². The highest BCUT2D eigenvalue weighted by atomic mass is 15.0. The van der Waals surface area contributed by atoms with Crippen LogP contribution < -0.4 is 0 Å². The Balaban J connectivity index is 1.31. The highest BCUT2D eigenvalue weighted by Gasteiger charge is 2.22. The van der Waals surface area contributed by atoms with E-state index in [2.05, 4.69) is 167 Å². The number of rotatable bonds is 4. The van der Waals surface area contributed by atoms with E-state index in [0.29, 0.717) is 5.92 Å². The summed E-state index contributed by atoms with van der Waals surface area (Å²) in [4.78, 5) is 5.47. The molecule has 3 nitrogen and oxygen atoms in total. The molecule has 1 aliphatic rings. The molecule has 3 heterocycles.